The van der Waals surface area contributed by atoms with Crippen LogP contribution in [0.1, 0.15) is 59.7 Å². The first kappa shape index (κ1) is 24.6. The molecule has 7 nitrogen and oxygen atoms in total. The topological polar surface area (TPSA) is 72.3 Å². The van der Waals surface area contributed by atoms with E-state index in [2.05, 4.69) is 31.4 Å². The average Bonchev–Trinajstić information content (AvgIpc) is 3.47. The predicted molar refractivity (Wildman–Crippen MR) is 130 cm³/mol. The van der Waals surface area contributed by atoms with E-state index in [0.29, 0.717) is 25.1 Å². The van der Waals surface area contributed by atoms with Gasteiger partial charge in [0.15, 0.2) is 5.82 Å². The molecule has 2 atom stereocenters. The Bertz CT molecular complexity index is 1260. The summed E-state index contributed by atoms with van der Waals surface area (Å²) in [4.78, 5) is 15.1. The van der Waals surface area contributed by atoms with E-state index in [-0.39, 0.29) is 24.4 Å². The van der Waals surface area contributed by atoms with Gasteiger partial charge in [-0.25, -0.2) is 4.79 Å². The van der Waals surface area contributed by atoms with Crippen molar-refractivity contribution >= 4 is 22.0 Å². The van der Waals surface area contributed by atoms with Crippen LogP contribution in [0.4, 0.5) is 18.0 Å². The summed E-state index contributed by atoms with van der Waals surface area (Å²) in [5, 5.41) is 11.7. The van der Waals surface area contributed by atoms with Crippen LogP contribution in [0.2, 0.25) is 0 Å². The van der Waals surface area contributed by atoms with Crippen molar-refractivity contribution in [1.29, 1.82) is 0 Å². The highest BCUT2D eigenvalue weighted by Gasteiger charge is 2.37. The summed E-state index contributed by atoms with van der Waals surface area (Å²) in [5.41, 5.74) is 0.870. The summed E-state index contributed by atoms with van der Waals surface area (Å²) >= 11 is 3.45. The zero-order valence-electron chi connectivity index (χ0n) is 19.6. The van der Waals surface area contributed by atoms with Gasteiger partial charge in [-0.1, -0.05) is 34.1 Å². The summed E-state index contributed by atoms with van der Waals surface area (Å²) in [6.07, 6.45) is -2.41. The Hall–Kier alpha value is -3.08. The maximum absolute atomic E-state index is 13.4. The summed E-state index contributed by atoms with van der Waals surface area (Å²) in [6, 6.07) is 10.5. The van der Waals surface area contributed by atoms with E-state index in [1.807, 2.05) is 35.8 Å². The number of rotatable bonds is 4. The molecule has 0 unspecified atom stereocenters. The fourth-order valence-electron chi connectivity index (χ4n) is 4.84. The number of nitrogens with one attached hydrogen (secondary N) is 1. The SMILES string of the molecule is Cc1nnc([C@H]2CCCN2C(=O)N[C@H]2CCOc3cc(C(F)(F)F)ccc32)n1Cc1ccc(Br)cc1. The van der Waals surface area contributed by atoms with Crippen molar-refractivity contribution < 1.29 is 22.7 Å². The van der Waals surface area contributed by atoms with Gasteiger partial charge in [0.05, 0.1) is 30.8 Å². The minimum atomic E-state index is -4.46. The Balaban J connectivity index is 1.34. The third-order valence-corrected chi connectivity index (χ3v) is 7.24. The zero-order chi connectivity index (χ0) is 25.4. The smallest absolute Gasteiger partial charge is 0.416 e. The van der Waals surface area contributed by atoms with Gasteiger partial charge in [-0.3, -0.25) is 0 Å². The number of aryl methyl sites for hydroxylation is 1. The van der Waals surface area contributed by atoms with E-state index in [1.54, 1.807) is 4.90 Å². The maximum Gasteiger partial charge on any atom is 0.416 e. The normalized spacial score (nSPS) is 19.6. The van der Waals surface area contributed by atoms with Crippen molar-refractivity contribution in [3.8, 4) is 5.75 Å². The van der Waals surface area contributed by atoms with Gasteiger partial charge in [0.2, 0.25) is 0 Å². The molecular weight excluding hydrogens is 539 g/mol. The fraction of sp³-hybridized carbons (Fsp3) is 0.400. The number of alkyl halides is 3. The number of nitrogens with zero attached hydrogens (tertiary/aromatic N) is 4. The summed E-state index contributed by atoms with van der Waals surface area (Å²) in [7, 11) is 0. The highest BCUT2D eigenvalue weighted by molar-refractivity contribution is 9.10. The van der Waals surface area contributed by atoms with E-state index in [4.69, 9.17) is 4.74 Å². The highest BCUT2D eigenvalue weighted by Crippen LogP contribution is 2.39. The van der Waals surface area contributed by atoms with Gasteiger partial charge in [-0.05, 0) is 49.6 Å². The molecule has 5 rings (SSSR count). The van der Waals surface area contributed by atoms with Crippen LogP contribution >= 0.6 is 15.9 Å². The fourth-order valence-corrected chi connectivity index (χ4v) is 5.10. The molecule has 1 aromatic heterocycles. The van der Waals surface area contributed by atoms with Gasteiger partial charge < -0.3 is 19.5 Å². The first-order chi connectivity index (χ1) is 17.2. The van der Waals surface area contributed by atoms with Crippen LogP contribution in [-0.4, -0.2) is 38.8 Å². The molecular formula is C25H25BrF3N5O2. The number of likely N-dealkylation sites (tertiary alicyclic amines) is 1. The Kier molecular flexibility index (Phi) is 6.67. The first-order valence-electron chi connectivity index (χ1n) is 11.8. The number of fused-ring (bicyclic) bond motifs is 1. The molecule has 11 heteroatoms. The van der Waals surface area contributed by atoms with Crippen LogP contribution in [0, 0.1) is 6.92 Å². The Morgan fingerprint density at radius 2 is 1.94 bits per heavy atom. The quantitative estimate of drug-likeness (QED) is 0.436. The number of carbonyl (C=O) groups excluding carboxylic acids is 1. The molecule has 0 spiro atoms. The number of hydrogen-bond acceptors (Lipinski definition) is 4. The lowest BCUT2D eigenvalue weighted by Crippen LogP contribution is -2.43. The van der Waals surface area contributed by atoms with Crippen LogP contribution in [-0.2, 0) is 12.7 Å². The standard InChI is InChI=1S/C25H25BrF3N5O2/c1-15-31-32-23(34(15)14-16-4-7-18(26)8-5-16)21-3-2-11-33(21)24(35)30-20-10-12-36-22-13-17(25(27,28)29)6-9-19(20)22/h4-9,13,20-21H,2-3,10-12,14H2,1H3,(H,30,35)/t20-,21+/m0/s1. The van der Waals surface area contributed by atoms with Crippen molar-refractivity contribution in [3.05, 3.63) is 75.3 Å². The highest BCUT2D eigenvalue weighted by atomic mass is 79.9. The third-order valence-electron chi connectivity index (χ3n) is 6.71. The molecule has 2 aromatic carbocycles. The minimum Gasteiger partial charge on any atom is -0.493 e. The van der Waals surface area contributed by atoms with Crippen molar-refractivity contribution in [2.24, 2.45) is 0 Å². The largest absolute Gasteiger partial charge is 0.493 e. The average molecular weight is 564 g/mol. The van der Waals surface area contributed by atoms with E-state index in [1.165, 1.54) is 6.07 Å². The molecule has 1 saturated heterocycles. The number of ether oxygens (including phenoxy) is 1. The molecule has 0 bridgehead atoms. The van der Waals surface area contributed by atoms with Gasteiger partial charge in [0.1, 0.15) is 11.6 Å². The number of benzene rings is 2. The molecule has 1 fully saturated rings. The van der Waals surface area contributed by atoms with Crippen molar-refractivity contribution in [2.75, 3.05) is 13.2 Å². The second kappa shape index (κ2) is 9.76. The van der Waals surface area contributed by atoms with E-state index in [9.17, 15) is 18.0 Å². The second-order valence-electron chi connectivity index (χ2n) is 9.06. The summed E-state index contributed by atoms with van der Waals surface area (Å²) in [6.45, 7) is 3.26. The van der Waals surface area contributed by atoms with Gasteiger partial charge in [0.25, 0.3) is 0 Å². The lowest BCUT2D eigenvalue weighted by atomic mass is 9.98. The Morgan fingerprint density at radius 1 is 1.17 bits per heavy atom. The van der Waals surface area contributed by atoms with E-state index in [0.717, 1.165) is 46.7 Å². The second-order valence-corrected chi connectivity index (χ2v) is 9.97. The molecule has 3 aromatic rings. The maximum atomic E-state index is 13.4. The molecule has 2 aliphatic heterocycles. The number of urea groups is 1. The molecule has 0 radical (unpaired) electrons. The van der Waals surface area contributed by atoms with Gasteiger partial charge >= 0.3 is 12.2 Å². The number of amides is 2. The lowest BCUT2D eigenvalue weighted by molar-refractivity contribution is -0.137. The molecule has 0 saturated carbocycles. The predicted octanol–water partition coefficient (Wildman–Crippen LogP) is 5.79. The summed E-state index contributed by atoms with van der Waals surface area (Å²) in [5.74, 6) is 1.65. The van der Waals surface area contributed by atoms with Gasteiger partial charge in [-0.2, -0.15) is 13.2 Å². The molecule has 36 heavy (non-hydrogen) atoms. The Morgan fingerprint density at radius 3 is 2.69 bits per heavy atom. The molecule has 2 aliphatic rings. The van der Waals surface area contributed by atoms with Crippen molar-refractivity contribution in [2.45, 2.75) is 51.0 Å². The molecule has 2 amide bonds. The zero-order valence-corrected chi connectivity index (χ0v) is 21.1. The van der Waals surface area contributed by atoms with Crippen LogP contribution in [0.5, 0.6) is 5.75 Å². The third kappa shape index (κ3) is 4.93. The minimum absolute atomic E-state index is 0.157. The number of halogens is 4. The number of carbonyl (C=O) groups is 1. The van der Waals surface area contributed by atoms with Crippen LogP contribution in [0.15, 0.2) is 46.9 Å². The molecule has 1 N–H and O–H groups in total. The molecule has 3 heterocycles. The molecule has 0 aliphatic carbocycles. The summed E-state index contributed by atoms with van der Waals surface area (Å²) < 4.78 is 47.9. The van der Waals surface area contributed by atoms with Gasteiger partial charge in [0, 0.05) is 23.0 Å². The first-order valence-corrected chi connectivity index (χ1v) is 12.6. The van der Waals surface area contributed by atoms with Crippen molar-refractivity contribution in [3.63, 3.8) is 0 Å². The van der Waals surface area contributed by atoms with Crippen LogP contribution in [0.25, 0.3) is 0 Å². The Labute approximate surface area is 214 Å². The van der Waals surface area contributed by atoms with E-state index < -0.39 is 17.8 Å². The van der Waals surface area contributed by atoms with Crippen molar-refractivity contribution in [1.82, 2.24) is 25.0 Å². The number of hydrogen-bond donors (Lipinski definition) is 1. The van der Waals surface area contributed by atoms with Crippen LogP contribution in [0.3, 0.4) is 0 Å². The van der Waals surface area contributed by atoms with Crippen LogP contribution < -0.4 is 10.1 Å². The monoisotopic (exact) mass is 563 g/mol. The molecule has 190 valence electrons. The van der Waals surface area contributed by atoms with Gasteiger partial charge in [-0.15, -0.1) is 10.2 Å². The van der Waals surface area contributed by atoms with E-state index >= 15 is 0 Å². The number of aromatic nitrogens is 3. The lowest BCUT2D eigenvalue weighted by Gasteiger charge is -2.31.